The zero-order valence-corrected chi connectivity index (χ0v) is 13.0. The van der Waals surface area contributed by atoms with Crippen LogP contribution in [0.4, 0.5) is 0 Å². The Bertz CT molecular complexity index is 561. The largest absolute Gasteiger partial charge is 0.381 e. The number of hydrogen-bond acceptors (Lipinski definition) is 3. The molecule has 118 valence electrons. The Kier molecular flexibility index (Phi) is 4.98. The Hall–Kier alpha value is -2.14. The van der Waals surface area contributed by atoms with Crippen LogP contribution in [0.1, 0.15) is 32.3 Å². The van der Waals surface area contributed by atoms with Gasteiger partial charge >= 0.3 is 0 Å². The van der Waals surface area contributed by atoms with Crippen LogP contribution in [-0.2, 0) is 9.59 Å². The number of benzene rings is 1. The van der Waals surface area contributed by atoms with E-state index in [-0.39, 0.29) is 12.1 Å². The van der Waals surface area contributed by atoms with Crippen LogP contribution in [0.5, 0.6) is 0 Å². The SMILES string of the molecule is CC(C)(O)C(=O)N[C@H]1CCCN1C(=O)C=Cc1ccccc1. The second kappa shape index (κ2) is 6.75. The molecule has 0 saturated carbocycles. The monoisotopic (exact) mass is 302 g/mol. The Morgan fingerprint density at radius 3 is 2.64 bits per heavy atom. The van der Waals surface area contributed by atoms with E-state index in [0.29, 0.717) is 13.0 Å². The summed E-state index contributed by atoms with van der Waals surface area (Å²) >= 11 is 0. The fraction of sp³-hybridized carbons (Fsp3) is 0.412. The quantitative estimate of drug-likeness (QED) is 0.829. The molecule has 0 bridgehead atoms. The first-order chi connectivity index (χ1) is 10.4. The lowest BCUT2D eigenvalue weighted by Crippen LogP contribution is -2.52. The van der Waals surface area contributed by atoms with Gasteiger partial charge in [0.1, 0.15) is 11.8 Å². The average Bonchev–Trinajstić information content (AvgIpc) is 2.93. The van der Waals surface area contributed by atoms with Gasteiger partial charge in [-0.2, -0.15) is 0 Å². The second-order valence-corrected chi connectivity index (χ2v) is 5.97. The number of nitrogens with one attached hydrogen (secondary N) is 1. The fourth-order valence-corrected chi connectivity index (χ4v) is 2.34. The third kappa shape index (κ3) is 4.18. The van der Waals surface area contributed by atoms with E-state index >= 15 is 0 Å². The molecule has 1 aromatic carbocycles. The molecular formula is C17H22N2O3. The van der Waals surface area contributed by atoms with E-state index in [1.807, 2.05) is 30.3 Å². The molecule has 22 heavy (non-hydrogen) atoms. The highest BCUT2D eigenvalue weighted by Gasteiger charge is 2.32. The zero-order valence-electron chi connectivity index (χ0n) is 13.0. The van der Waals surface area contributed by atoms with E-state index < -0.39 is 11.5 Å². The van der Waals surface area contributed by atoms with E-state index in [2.05, 4.69) is 5.32 Å². The minimum atomic E-state index is -1.45. The lowest BCUT2D eigenvalue weighted by atomic mass is 10.1. The minimum absolute atomic E-state index is 0.137. The van der Waals surface area contributed by atoms with Gasteiger partial charge in [-0.05, 0) is 38.3 Å². The highest BCUT2D eigenvalue weighted by atomic mass is 16.3. The number of likely N-dealkylation sites (tertiary alicyclic amines) is 1. The Morgan fingerprint density at radius 1 is 1.32 bits per heavy atom. The van der Waals surface area contributed by atoms with Crippen LogP contribution in [-0.4, -0.2) is 40.1 Å². The molecule has 0 spiro atoms. The van der Waals surface area contributed by atoms with Gasteiger partial charge in [0.15, 0.2) is 0 Å². The maximum absolute atomic E-state index is 12.3. The van der Waals surface area contributed by atoms with Gasteiger partial charge in [-0.15, -0.1) is 0 Å². The van der Waals surface area contributed by atoms with Gasteiger partial charge in [0.05, 0.1) is 0 Å². The summed E-state index contributed by atoms with van der Waals surface area (Å²) < 4.78 is 0. The van der Waals surface area contributed by atoms with E-state index in [4.69, 9.17) is 0 Å². The summed E-state index contributed by atoms with van der Waals surface area (Å²) in [5, 5.41) is 12.4. The molecule has 1 fully saturated rings. The highest BCUT2D eigenvalue weighted by molar-refractivity contribution is 5.92. The molecule has 1 heterocycles. The van der Waals surface area contributed by atoms with Crippen LogP contribution in [0.3, 0.4) is 0 Å². The molecule has 1 aromatic rings. The van der Waals surface area contributed by atoms with Gasteiger partial charge in [-0.3, -0.25) is 9.59 Å². The van der Waals surface area contributed by atoms with Crippen LogP contribution >= 0.6 is 0 Å². The number of nitrogens with zero attached hydrogens (tertiary/aromatic N) is 1. The number of hydrogen-bond donors (Lipinski definition) is 2. The molecule has 2 amide bonds. The van der Waals surface area contributed by atoms with Gasteiger partial charge < -0.3 is 15.3 Å². The smallest absolute Gasteiger partial charge is 0.252 e. The van der Waals surface area contributed by atoms with Crippen molar-refractivity contribution in [3.05, 3.63) is 42.0 Å². The van der Waals surface area contributed by atoms with E-state index in [0.717, 1.165) is 12.0 Å². The lowest BCUT2D eigenvalue weighted by Gasteiger charge is -2.27. The number of rotatable bonds is 4. The first-order valence-corrected chi connectivity index (χ1v) is 7.45. The van der Waals surface area contributed by atoms with Gasteiger partial charge in [-0.25, -0.2) is 0 Å². The van der Waals surface area contributed by atoms with Crippen molar-refractivity contribution in [3.8, 4) is 0 Å². The first-order valence-electron chi connectivity index (χ1n) is 7.45. The predicted octanol–water partition coefficient (Wildman–Crippen LogP) is 1.54. The van der Waals surface area contributed by atoms with Crippen LogP contribution in [0, 0.1) is 0 Å². The molecule has 0 radical (unpaired) electrons. The normalized spacial score (nSPS) is 18.7. The molecule has 2 rings (SSSR count). The Labute approximate surface area is 130 Å². The lowest BCUT2D eigenvalue weighted by molar-refractivity contribution is -0.139. The second-order valence-electron chi connectivity index (χ2n) is 5.97. The standard InChI is InChI=1S/C17H22N2O3/c1-17(2,22)16(21)18-14-9-6-12-19(14)15(20)11-10-13-7-4-3-5-8-13/h3-5,7-8,10-11,14,22H,6,9,12H2,1-2H3,(H,18,21)/t14-/m1/s1. The molecular weight excluding hydrogens is 280 g/mol. The molecule has 1 saturated heterocycles. The van der Waals surface area contributed by atoms with Crippen molar-refractivity contribution >= 4 is 17.9 Å². The van der Waals surface area contributed by atoms with Crippen molar-refractivity contribution in [2.24, 2.45) is 0 Å². The van der Waals surface area contributed by atoms with Crippen molar-refractivity contribution in [2.75, 3.05) is 6.54 Å². The maximum atomic E-state index is 12.3. The minimum Gasteiger partial charge on any atom is -0.381 e. The summed E-state index contributed by atoms with van der Waals surface area (Å²) in [5.74, 6) is -0.605. The average molecular weight is 302 g/mol. The number of carbonyl (C=O) groups is 2. The molecule has 2 N–H and O–H groups in total. The first kappa shape index (κ1) is 16.2. The van der Waals surface area contributed by atoms with Gasteiger partial charge in [-0.1, -0.05) is 30.3 Å². The van der Waals surface area contributed by atoms with E-state index in [1.165, 1.54) is 19.9 Å². The van der Waals surface area contributed by atoms with Crippen molar-refractivity contribution < 1.29 is 14.7 Å². The number of carbonyl (C=O) groups excluding carboxylic acids is 2. The molecule has 5 heteroatoms. The molecule has 0 aliphatic carbocycles. The molecule has 0 unspecified atom stereocenters. The highest BCUT2D eigenvalue weighted by Crippen LogP contribution is 2.17. The van der Waals surface area contributed by atoms with Crippen molar-refractivity contribution in [2.45, 2.75) is 38.5 Å². The van der Waals surface area contributed by atoms with Crippen molar-refractivity contribution in [3.63, 3.8) is 0 Å². The third-order valence-corrected chi connectivity index (χ3v) is 3.61. The number of amides is 2. The molecule has 1 aliphatic rings. The summed E-state index contributed by atoms with van der Waals surface area (Å²) in [7, 11) is 0. The van der Waals surface area contributed by atoms with Gasteiger partial charge in [0, 0.05) is 12.6 Å². The van der Waals surface area contributed by atoms with Crippen molar-refractivity contribution in [1.82, 2.24) is 10.2 Å². The summed E-state index contributed by atoms with van der Waals surface area (Å²) in [4.78, 5) is 25.8. The number of aliphatic hydroxyl groups is 1. The van der Waals surface area contributed by atoms with Crippen LogP contribution in [0.2, 0.25) is 0 Å². The van der Waals surface area contributed by atoms with Crippen molar-refractivity contribution in [1.29, 1.82) is 0 Å². The predicted molar refractivity (Wildman–Crippen MR) is 84.7 cm³/mol. The topological polar surface area (TPSA) is 69.6 Å². The van der Waals surface area contributed by atoms with Crippen LogP contribution in [0.25, 0.3) is 6.08 Å². The molecule has 0 aromatic heterocycles. The van der Waals surface area contributed by atoms with Gasteiger partial charge in [0.25, 0.3) is 5.91 Å². The Morgan fingerprint density at radius 2 is 2.00 bits per heavy atom. The molecule has 1 atom stereocenters. The van der Waals surface area contributed by atoms with Crippen LogP contribution in [0.15, 0.2) is 36.4 Å². The molecule has 1 aliphatic heterocycles. The summed E-state index contributed by atoms with van der Waals surface area (Å²) in [6.07, 6.45) is 4.46. The maximum Gasteiger partial charge on any atom is 0.252 e. The molecule has 5 nitrogen and oxygen atoms in total. The fourth-order valence-electron chi connectivity index (χ4n) is 2.34. The Balaban J connectivity index is 1.99. The van der Waals surface area contributed by atoms with Crippen LogP contribution < -0.4 is 5.32 Å². The summed E-state index contributed by atoms with van der Waals surface area (Å²) in [6.45, 7) is 3.46. The van der Waals surface area contributed by atoms with E-state index in [9.17, 15) is 14.7 Å². The summed E-state index contributed by atoms with van der Waals surface area (Å²) in [6, 6.07) is 9.57. The third-order valence-electron chi connectivity index (χ3n) is 3.61. The van der Waals surface area contributed by atoms with Gasteiger partial charge in [0.2, 0.25) is 5.91 Å². The summed E-state index contributed by atoms with van der Waals surface area (Å²) in [5.41, 5.74) is -0.496. The van der Waals surface area contributed by atoms with E-state index in [1.54, 1.807) is 11.0 Å². The zero-order chi connectivity index (χ0) is 16.2.